The summed E-state index contributed by atoms with van der Waals surface area (Å²) in [7, 11) is -3.22. The van der Waals surface area contributed by atoms with Gasteiger partial charge in [0.2, 0.25) is 0 Å². The van der Waals surface area contributed by atoms with Crippen LogP contribution in [0.4, 0.5) is 4.39 Å². The molecule has 0 saturated carbocycles. The van der Waals surface area contributed by atoms with Gasteiger partial charge in [-0.05, 0) is 6.07 Å². The van der Waals surface area contributed by atoms with Gasteiger partial charge in [-0.3, -0.25) is 4.90 Å². The largest absolute Gasteiger partial charge is 0.329 e. The molecule has 1 aliphatic heterocycles. The number of hydrogen-bond donors (Lipinski definition) is 1. The van der Waals surface area contributed by atoms with Crippen LogP contribution >= 0.6 is 11.8 Å². The van der Waals surface area contributed by atoms with E-state index >= 15 is 0 Å². The Balaban J connectivity index is 2.37. The third-order valence-electron chi connectivity index (χ3n) is 3.83. The summed E-state index contributed by atoms with van der Waals surface area (Å²) in [6, 6.07) is 6.05. The predicted molar refractivity (Wildman–Crippen MR) is 85.5 cm³/mol. The number of halogens is 1. The number of benzene rings is 1. The SMILES string of the molecule is CCS(=O)(=O)C1CSCCN1C(CN)c1ccccc1F. The maximum Gasteiger partial charge on any atom is 0.166 e. The van der Waals surface area contributed by atoms with E-state index in [0.717, 1.165) is 5.75 Å². The van der Waals surface area contributed by atoms with E-state index in [1.807, 2.05) is 4.90 Å². The number of hydrogen-bond acceptors (Lipinski definition) is 5. The Labute approximate surface area is 129 Å². The van der Waals surface area contributed by atoms with Crippen molar-refractivity contribution in [3.05, 3.63) is 35.6 Å². The van der Waals surface area contributed by atoms with Crippen LogP contribution in [0.3, 0.4) is 0 Å². The van der Waals surface area contributed by atoms with Gasteiger partial charge in [0.1, 0.15) is 11.2 Å². The highest BCUT2D eigenvalue weighted by Gasteiger charge is 2.37. The molecule has 0 aliphatic carbocycles. The molecule has 2 atom stereocenters. The summed E-state index contributed by atoms with van der Waals surface area (Å²) >= 11 is 1.62. The second-order valence-electron chi connectivity index (χ2n) is 4.99. The Morgan fingerprint density at radius 2 is 2.19 bits per heavy atom. The van der Waals surface area contributed by atoms with Gasteiger partial charge in [-0.15, -0.1) is 0 Å². The van der Waals surface area contributed by atoms with Crippen molar-refractivity contribution in [1.82, 2.24) is 4.90 Å². The highest BCUT2D eigenvalue weighted by molar-refractivity contribution is 8.01. The molecule has 0 aromatic heterocycles. The molecule has 2 rings (SSSR count). The zero-order chi connectivity index (χ0) is 15.5. The minimum absolute atomic E-state index is 0.0866. The number of nitrogens with two attached hydrogens (primary N) is 1. The Hall–Kier alpha value is -0.630. The monoisotopic (exact) mass is 332 g/mol. The Kier molecular flexibility index (Phi) is 5.65. The fourth-order valence-electron chi connectivity index (χ4n) is 2.64. The summed E-state index contributed by atoms with van der Waals surface area (Å²) in [4.78, 5) is 1.85. The van der Waals surface area contributed by atoms with Gasteiger partial charge in [-0.1, -0.05) is 25.1 Å². The molecular formula is C14H21FN2O2S2. The molecule has 4 nitrogen and oxygen atoms in total. The number of thioether (sulfide) groups is 1. The van der Waals surface area contributed by atoms with Crippen molar-refractivity contribution in [2.75, 3.05) is 30.3 Å². The molecule has 7 heteroatoms. The van der Waals surface area contributed by atoms with Gasteiger partial charge in [0.25, 0.3) is 0 Å². The average Bonchev–Trinajstić information content (AvgIpc) is 2.50. The van der Waals surface area contributed by atoms with E-state index < -0.39 is 21.3 Å². The van der Waals surface area contributed by atoms with E-state index in [0.29, 0.717) is 17.9 Å². The van der Waals surface area contributed by atoms with Crippen molar-refractivity contribution in [3.8, 4) is 0 Å². The molecule has 1 aromatic carbocycles. The molecule has 1 aromatic rings. The first kappa shape index (κ1) is 16.7. The molecule has 0 amide bonds. The van der Waals surface area contributed by atoms with E-state index in [4.69, 9.17) is 5.73 Å². The summed E-state index contributed by atoms with van der Waals surface area (Å²) in [6.07, 6.45) is 0. The maximum absolute atomic E-state index is 14.1. The van der Waals surface area contributed by atoms with E-state index in [-0.39, 0.29) is 18.1 Å². The van der Waals surface area contributed by atoms with Gasteiger partial charge in [-0.2, -0.15) is 11.8 Å². The Bertz CT molecular complexity index is 580. The fraction of sp³-hybridized carbons (Fsp3) is 0.571. The molecule has 0 bridgehead atoms. The van der Waals surface area contributed by atoms with Gasteiger partial charge in [-0.25, -0.2) is 12.8 Å². The molecule has 0 spiro atoms. The Morgan fingerprint density at radius 1 is 1.48 bits per heavy atom. The molecule has 1 saturated heterocycles. The first-order valence-electron chi connectivity index (χ1n) is 7.00. The van der Waals surface area contributed by atoms with E-state index in [1.54, 1.807) is 36.9 Å². The van der Waals surface area contributed by atoms with Crippen molar-refractivity contribution in [2.24, 2.45) is 5.73 Å². The minimum atomic E-state index is -3.22. The zero-order valence-corrected chi connectivity index (χ0v) is 13.7. The van der Waals surface area contributed by atoms with Crippen LogP contribution in [0.1, 0.15) is 18.5 Å². The summed E-state index contributed by atoms with van der Waals surface area (Å²) in [6.45, 7) is 2.44. The summed E-state index contributed by atoms with van der Waals surface area (Å²) in [5, 5.41) is -0.589. The third-order valence-corrected chi connectivity index (χ3v) is 7.13. The lowest BCUT2D eigenvalue weighted by Crippen LogP contribution is -2.51. The first-order valence-corrected chi connectivity index (χ1v) is 9.87. The summed E-state index contributed by atoms with van der Waals surface area (Å²) < 4.78 is 38.7. The van der Waals surface area contributed by atoms with Gasteiger partial charge in [0.15, 0.2) is 9.84 Å². The lowest BCUT2D eigenvalue weighted by molar-refractivity contribution is 0.194. The summed E-state index contributed by atoms with van der Waals surface area (Å²) in [5.74, 6) is 1.10. The standard InChI is InChI=1S/C14H21FN2O2S2/c1-2-21(18,19)14-10-20-8-7-17(14)13(9-16)11-5-3-4-6-12(11)15/h3-6,13-14H,2,7-10,16H2,1H3. The zero-order valence-electron chi connectivity index (χ0n) is 12.0. The van der Waals surface area contributed by atoms with E-state index in [9.17, 15) is 12.8 Å². The number of nitrogens with zero attached hydrogens (tertiary/aromatic N) is 1. The molecular weight excluding hydrogens is 311 g/mol. The Morgan fingerprint density at radius 3 is 2.81 bits per heavy atom. The van der Waals surface area contributed by atoms with Gasteiger partial charge >= 0.3 is 0 Å². The van der Waals surface area contributed by atoms with Crippen molar-refractivity contribution in [3.63, 3.8) is 0 Å². The molecule has 1 heterocycles. The van der Waals surface area contributed by atoms with Crippen LogP contribution in [0.15, 0.2) is 24.3 Å². The topological polar surface area (TPSA) is 63.4 Å². The third kappa shape index (κ3) is 3.59. The van der Waals surface area contributed by atoms with Crippen LogP contribution in [0.5, 0.6) is 0 Å². The number of rotatable bonds is 5. The van der Waals surface area contributed by atoms with Crippen LogP contribution < -0.4 is 5.73 Å². The lowest BCUT2D eigenvalue weighted by Gasteiger charge is -2.40. The van der Waals surface area contributed by atoms with Crippen molar-refractivity contribution in [1.29, 1.82) is 0 Å². The van der Waals surface area contributed by atoms with Gasteiger partial charge in [0, 0.05) is 35.9 Å². The van der Waals surface area contributed by atoms with Crippen LogP contribution in [0, 0.1) is 5.82 Å². The molecule has 2 unspecified atom stereocenters. The predicted octanol–water partition coefficient (Wildman–Crippen LogP) is 1.64. The highest BCUT2D eigenvalue weighted by Crippen LogP contribution is 2.31. The quantitative estimate of drug-likeness (QED) is 0.888. The molecule has 1 aliphatic rings. The second kappa shape index (κ2) is 7.09. The summed E-state index contributed by atoms with van der Waals surface area (Å²) in [5.41, 5.74) is 6.32. The van der Waals surface area contributed by atoms with Crippen LogP contribution in [-0.2, 0) is 9.84 Å². The first-order chi connectivity index (χ1) is 10.0. The smallest absolute Gasteiger partial charge is 0.166 e. The maximum atomic E-state index is 14.1. The number of sulfone groups is 1. The van der Waals surface area contributed by atoms with E-state index in [2.05, 4.69) is 0 Å². The molecule has 118 valence electrons. The van der Waals surface area contributed by atoms with Crippen LogP contribution in [0.25, 0.3) is 0 Å². The lowest BCUT2D eigenvalue weighted by atomic mass is 10.0. The van der Waals surface area contributed by atoms with Gasteiger partial charge in [0.05, 0.1) is 6.04 Å². The average molecular weight is 332 g/mol. The second-order valence-corrected chi connectivity index (χ2v) is 8.59. The molecule has 2 N–H and O–H groups in total. The van der Waals surface area contributed by atoms with Crippen LogP contribution in [-0.4, -0.2) is 49.0 Å². The molecule has 1 fully saturated rings. The van der Waals surface area contributed by atoms with Crippen molar-refractivity contribution >= 4 is 21.6 Å². The fourth-order valence-corrected chi connectivity index (χ4v) is 5.71. The molecule has 0 radical (unpaired) electrons. The van der Waals surface area contributed by atoms with Crippen molar-refractivity contribution < 1.29 is 12.8 Å². The highest BCUT2D eigenvalue weighted by atomic mass is 32.2. The minimum Gasteiger partial charge on any atom is -0.329 e. The van der Waals surface area contributed by atoms with Gasteiger partial charge < -0.3 is 5.73 Å². The molecule has 21 heavy (non-hydrogen) atoms. The normalized spacial score (nSPS) is 22.1. The van der Waals surface area contributed by atoms with E-state index in [1.165, 1.54) is 6.07 Å². The van der Waals surface area contributed by atoms with Crippen LogP contribution in [0.2, 0.25) is 0 Å². The van der Waals surface area contributed by atoms with Crippen molar-refractivity contribution in [2.45, 2.75) is 18.3 Å².